The summed E-state index contributed by atoms with van der Waals surface area (Å²) >= 11 is 0. The average Bonchev–Trinajstić information content (AvgIpc) is 2.32. The van der Waals surface area contributed by atoms with E-state index in [0.29, 0.717) is 12.8 Å². The SMILES string of the molecule is Nc1cc(F)cc(C(=O)NC2CCCS(=O)(=O)C2)c1F. The van der Waals surface area contributed by atoms with Crippen LogP contribution in [0.5, 0.6) is 0 Å². The minimum atomic E-state index is -3.19. The Hall–Kier alpha value is -1.70. The highest BCUT2D eigenvalue weighted by Gasteiger charge is 2.27. The maximum Gasteiger partial charge on any atom is 0.254 e. The largest absolute Gasteiger partial charge is 0.396 e. The maximum absolute atomic E-state index is 13.7. The molecule has 1 aliphatic rings. The fourth-order valence-electron chi connectivity index (χ4n) is 2.18. The second kappa shape index (κ2) is 5.35. The van der Waals surface area contributed by atoms with Crippen LogP contribution < -0.4 is 11.1 Å². The summed E-state index contributed by atoms with van der Waals surface area (Å²) in [7, 11) is -3.19. The third-order valence-corrected chi connectivity index (χ3v) is 4.93. The lowest BCUT2D eigenvalue weighted by atomic mass is 10.1. The quantitative estimate of drug-likeness (QED) is 0.793. The normalized spacial score (nSPS) is 21.4. The van der Waals surface area contributed by atoms with Crippen LogP contribution in [-0.4, -0.2) is 31.9 Å². The van der Waals surface area contributed by atoms with Gasteiger partial charge in [-0.25, -0.2) is 17.2 Å². The van der Waals surface area contributed by atoms with Crippen LogP contribution in [0.25, 0.3) is 0 Å². The van der Waals surface area contributed by atoms with Gasteiger partial charge in [0.2, 0.25) is 0 Å². The molecule has 110 valence electrons. The van der Waals surface area contributed by atoms with E-state index in [0.717, 1.165) is 12.1 Å². The topological polar surface area (TPSA) is 89.3 Å². The van der Waals surface area contributed by atoms with Crippen molar-refractivity contribution in [1.29, 1.82) is 0 Å². The lowest BCUT2D eigenvalue weighted by Crippen LogP contribution is -2.43. The first-order chi connectivity index (χ1) is 9.28. The number of benzene rings is 1. The smallest absolute Gasteiger partial charge is 0.254 e. The first kappa shape index (κ1) is 14.7. The third-order valence-electron chi connectivity index (χ3n) is 3.11. The zero-order valence-corrected chi connectivity index (χ0v) is 11.3. The minimum absolute atomic E-state index is 0.0840. The standard InChI is InChI=1S/C12H14F2N2O3S/c13-7-4-9(11(14)10(15)5-7)12(17)16-8-2-1-3-20(18,19)6-8/h4-5,8H,1-3,6,15H2,(H,16,17). The van der Waals surface area contributed by atoms with Crippen molar-refractivity contribution < 1.29 is 22.0 Å². The number of nitrogens with two attached hydrogens (primary N) is 1. The number of hydrogen-bond acceptors (Lipinski definition) is 4. The van der Waals surface area contributed by atoms with E-state index in [1.54, 1.807) is 0 Å². The lowest BCUT2D eigenvalue weighted by molar-refractivity contribution is 0.0934. The van der Waals surface area contributed by atoms with Gasteiger partial charge in [-0.15, -0.1) is 0 Å². The zero-order chi connectivity index (χ0) is 14.9. The number of anilines is 1. The fraction of sp³-hybridized carbons (Fsp3) is 0.417. The Morgan fingerprint density at radius 2 is 2.05 bits per heavy atom. The second-order valence-corrected chi connectivity index (χ2v) is 7.01. The number of amides is 1. The molecular weight excluding hydrogens is 290 g/mol. The Bertz CT molecular complexity index is 646. The molecule has 20 heavy (non-hydrogen) atoms. The predicted molar refractivity (Wildman–Crippen MR) is 69.9 cm³/mol. The Morgan fingerprint density at radius 3 is 2.70 bits per heavy atom. The summed E-state index contributed by atoms with van der Waals surface area (Å²) in [6.07, 6.45) is 0.915. The van der Waals surface area contributed by atoms with Gasteiger partial charge in [-0.3, -0.25) is 4.79 Å². The first-order valence-corrected chi connectivity index (χ1v) is 7.86. The molecule has 8 heteroatoms. The van der Waals surface area contributed by atoms with Crippen molar-refractivity contribution in [2.75, 3.05) is 17.2 Å². The molecule has 5 nitrogen and oxygen atoms in total. The number of halogens is 2. The molecule has 0 saturated carbocycles. The predicted octanol–water partition coefficient (Wildman–Crippen LogP) is 0.854. The van der Waals surface area contributed by atoms with E-state index >= 15 is 0 Å². The van der Waals surface area contributed by atoms with Crippen molar-refractivity contribution in [2.24, 2.45) is 0 Å². The molecule has 1 aromatic rings. The van der Waals surface area contributed by atoms with E-state index in [1.165, 1.54) is 0 Å². The molecule has 1 amide bonds. The molecule has 0 spiro atoms. The number of nitrogens with one attached hydrogen (secondary N) is 1. The molecule has 0 bridgehead atoms. The number of nitrogen functional groups attached to an aromatic ring is 1. The number of hydrogen-bond donors (Lipinski definition) is 2. The number of carbonyl (C=O) groups excluding carboxylic acids is 1. The highest BCUT2D eigenvalue weighted by Crippen LogP contribution is 2.18. The Morgan fingerprint density at radius 1 is 1.35 bits per heavy atom. The van der Waals surface area contributed by atoms with E-state index in [4.69, 9.17) is 5.73 Å². The monoisotopic (exact) mass is 304 g/mol. The summed E-state index contributed by atoms with van der Waals surface area (Å²) in [6, 6.07) is 0.917. The molecule has 1 heterocycles. The zero-order valence-electron chi connectivity index (χ0n) is 10.5. The third kappa shape index (κ3) is 3.24. The fourth-order valence-corrected chi connectivity index (χ4v) is 3.81. The summed E-state index contributed by atoms with van der Waals surface area (Å²) in [5, 5.41) is 2.41. The first-order valence-electron chi connectivity index (χ1n) is 6.04. The number of sulfone groups is 1. The summed E-state index contributed by atoms with van der Waals surface area (Å²) in [5.41, 5.74) is 4.26. The van der Waals surface area contributed by atoms with Crippen molar-refractivity contribution in [3.8, 4) is 0 Å². The Kier molecular flexibility index (Phi) is 3.94. The van der Waals surface area contributed by atoms with Crippen LogP contribution in [0.3, 0.4) is 0 Å². The average molecular weight is 304 g/mol. The summed E-state index contributed by atoms with van der Waals surface area (Å²) in [6.45, 7) is 0. The molecule has 0 aliphatic carbocycles. The summed E-state index contributed by atoms with van der Waals surface area (Å²) in [4.78, 5) is 11.9. The van der Waals surface area contributed by atoms with Crippen molar-refractivity contribution in [1.82, 2.24) is 5.32 Å². The minimum Gasteiger partial charge on any atom is -0.396 e. The maximum atomic E-state index is 13.7. The van der Waals surface area contributed by atoms with E-state index in [1.807, 2.05) is 0 Å². The molecule has 1 saturated heterocycles. The molecule has 1 fully saturated rings. The van der Waals surface area contributed by atoms with Gasteiger partial charge in [-0.05, 0) is 25.0 Å². The van der Waals surface area contributed by atoms with Crippen LogP contribution in [0, 0.1) is 11.6 Å². The van der Waals surface area contributed by atoms with Gasteiger partial charge >= 0.3 is 0 Å². The molecule has 1 atom stereocenters. The van der Waals surface area contributed by atoms with E-state index in [2.05, 4.69) is 5.32 Å². The molecule has 0 radical (unpaired) electrons. The van der Waals surface area contributed by atoms with Crippen LogP contribution in [0.4, 0.5) is 14.5 Å². The van der Waals surface area contributed by atoms with Crippen molar-refractivity contribution in [3.63, 3.8) is 0 Å². The highest BCUT2D eigenvalue weighted by atomic mass is 32.2. The summed E-state index contributed by atoms with van der Waals surface area (Å²) < 4.78 is 49.7. The van der Waals surface area contributed by atoms with Gasteiger partial charge in [-0.1, -0.05) is 0 Å². The molecule has 3 N–H and O–H groups in total. The summed E-state index contributed by atoms with van der Waals surface area (Å²) in [5.74, 6) is -2.81. The van der Waals surface area contributed by atoms with Crippen LogP contribution >= 0.6 is 0 Å². The van der Waals surface area contributed by atoms with E-state index in [9.17, 15) is 22.0 Å². The van der Waals surface area contributed by atoms with Gasteiger partial charge in [0.25, 0.3) is 5.91 Å². The van der Waals surface area contributed by atoms with Crippen molar-refractivity contribution in [2.45, 2.75) is 18.9 Å². The van der Waals surface area contributed by atoms with Crippen molar-refractivity contribution >= 4 is 21.4 Å². The van der Waals surface area contributed by atoms with Gasteiger partial charge < -0.3 is 11.1 Å². The van der Waals surface area contributed by atoms with Gasteiger partial charge in [0.05, 0.1) is 22.8 Å². The molecule has 1 unspecified atom stereocenters. The van der Waals surface area contributed by atoms with Crippen LogP contribution in [0.2, 0.25) is 0 Å². The van der Waals surface area contributed by atoms with Crippen LogP contribution in [0.1, 0.15) is 23.2 Å². The van der Waals surface area contributed by atoms with Crippen LogP contribution in [0.15, 0.2) is 12.1 Å². The molecule has 0 aromatic heterocycles. The van der Waals surface area contributed by atoms with Gasteiger partial charge in [0.1, 0.15) is 5.82 Å². The van der Waals surface area contributed by atoms with Gasteiger partial charge in [-0.2, -0.15) is 0 Å². The van der Waals surface area contributed by atoms with E-state index in [-0.39, 0.29) is 11.5 Å². The van der Waals surface area contributed by atoms with Crippen molar-refractivity contribution in [3.05, 3.63) is 29.3 Å². The van der Waals surface area contributed by atoms with Gasteiger partial charge in [0.15, 0.2) is 15.7 Å². The Balaban J connectivity index is 2.17. The number of carbonyl (C=O) groups is 1. The highest BCUT2D eigenvalue weighted by molar-refractivity contribution is 7.91. The van der Waals surface area contributed by atoms with Crippen LogP contribution in [-0.2, 0) is 9.84 Å². The lowest BCUT2D eigenvalue weighted by Gasteiger charge is -2.23. The molecular formula is C12H14F2N2O3S. The second-order valence-electron chi connectivity index (χ2n) is 4.78. The molecule has 2 rings (SSSR count). The number of rotatable bonds is 2. The Labute approximate surface area is 115 Å². The van der Waals surface area contributed by atoms with Gasteiger partial charge in [0, 0.05) is 6.04 Å². The molecule has 1 aliphatic heterocycles. The molecule has 1 aromatic carbocycles. The van der Waals surface area contributed by atoms with E-state index < -0.39 is 44.7 Å².